The number of nitrogens with one attached hydrogen (secondary N) is 1. The summed E-state index contributed by atoms with van der Waals surface area (Å²) in [4.78, 5) is 23.2. The number of fused-ring (bicyclic) bond motifs is 1. The molecular weight excluding hydrogens is 328 g/mol. The van der Waals surface area contributed by atoms with Crippen molar-refractivity contribution < 1.29 is 4.92 Å². The molecule has 0 saturated carbocycles. The Kier molecular flexibility index (Phi) is 3.39. The third-order valence-electron chi connectivity index (χ3n) is 3.38. The quantitative estimate of drug-likeness (QED) is 0.452. The SMILES string of the molecule is O=[N+]([O-])c1ccc(Nc2nc(-c3cnc4ncccn34)cs2)cc1. The van der Waals surface area contributed by atoms with Crippen LogP contribution in [0.5, 0.6) is 0 Å². The van der Waals surface area contributed by atoms with Gasteiger partial charge in [0.2, 0.25) is 5.78 Å². The van der Waals surface area contributed by atoms with Gasteiger partial charge in [-0.05, 0) is 18.2 Å². The molecule has 4 aromatic rings. The molecule has 0 spiro atoms. The molecule has 0 amide bonds. The van der Waals surface area contributed by atoms with E-state index in [1.807, 2.05) is 22.0 Å². The number of non-ortho nitro benzene ring substituents is 1. The fourth-order valence-electron chi connectivity index (χ4n) is 2.26. The summed E-state index contributed by atoms with van der Waals surface area (Å²) in [6.45, 7) is 0. The smallest absolute Gasteiger partial charge is 0.269 e. The molecule has 0 aliphatic rings. The molecular formula is C15H10N6O2S. The zero-order valence-corrected chi connectivity index (χ0v) is 13.0. The second-order valence-electron chi connectivity index (χ2n) is 4.90. The Bertz CT molecular complexity index is 1020. The van der Waals surface area contributed by atoms with E-state index in [1.54, 1.807) is 24.5 Å². The summed E-state index contributed by atoms with van der Waals surface area (Å²) in [6.07, 6.45) is 5.30. The molecule has 0 bridgehead atoms. The number of aromatic nitrogens is 4. The molecule has 0 saturated heterocycles. The first kappa shape index (κ1) is 14.3. The molecule has 0 unspecified atom stereocenters. The van der Waals surface area contributed by atoms with Gasteiger partial charge in [0.25, 0.3) is 5.69 Å². The van der Waals surface area contributed by atoms with Crippen molar-refractivity contribution in [2.75, 3.05) is 5.32 Å². The fourth-order valence-corrected chi connectivity index (χ4v) is 2.98. The van der Waals surface area contributed by atoms with Crippen molar-refractivity contribution in [1.29, 1.82) is 0 Å². The fraction of sp³-hybridized carbons (Fsp3) is 0. The van der Waals surface area contributed by atoms with Gasteiger partial charge in [-0.15, -0.1) is 11.3 Å². The minimum Gasteiger partial charge on any atom is -0.332 e. The van der Waals surface area contributed by atoms with Crippen molar-refractivity contribution in [3.8, 4) is 11.4 Å². The van der Waals surface area contributed by atoms with Crippen molar-refractivity contribution in [2.24, 2.45) is 0 Å². The molecule has 1 N–H and O–H groups in total. The van der Waals surface area contributed by atoms with Crippen LogP contribution in [0.1, 0.15) is 0 Å². The van der Waals surface area contributed by atoms with Crippen LogP contribution >= 0.6 is 11.3 Å². The number of anilines is 2. The van der Waals surface area contributed by atoms with E-state index < -0.39 is 4.92 Å². The average Bonchev–Trinajstić information content (AvgIpc) is 3.22. The Morgan fingerprint density at radius 1 is 1.21 bits per heavy atom. The predicted molar refractivity (Wildman–Crippen MR) is 90.5 cm³/mol. The van der Waals surface area contributed by atoms with Crippen LogP contribution in [-0.2, 0) is 0 Å². The molecule has 0 aliphatic heterocycles. The van der Waals surface area contributed by atoms with E-state index >= 15 is 0 Å². The normalized spacial score (nSPS) is 10.8. The van der Waals surface area contributed by atoms with E-state index in [2.05, 4.69) is 20.3 Å². The number of rotatable bonds is 4. The third-order valence-corrected chi connectivity index (χ3v) is 4.14. The van der Waals surface area contributed by atoms with E-state index in [9.17, 15) is 10.1 Å². The van der Waals surface area contributed by atoms with Gasteiger partial charge in [0.1, 0.15) is 5.69 Å². The number of hydrogen-bond donors (Lipinski definition) is 1. The van der Waals surface area contributed by atoms with Crippen LogP contribution in [-0.4, -0.2) is 24.3 Å². The first-order valence-corrected chi connectivity index (χ1v) is 7.84. The van der Waals surface area contributed by atoms with Crippen LogP contribution in [0.15, 0.2) is 54.3 Å². The van der Waals surface area contributed by atoms with E-state index in [0.29, 0.717) is 10.9 Å². The zero-order chi connectivity index (χ0) is 16.5. The number of nitro groups is 1. The number of nitro benzene ring substituents is 1. The maximum atomic E-state index is 10.7. The maximum Gasteiger partial charge on any atom is 0.269 e. The highest BCUT2D eigenvalue weighted by molar-refractivity contribution is 7.14. The second kappa shape index (κ2) is 5.70. The van der Waals surface area contributed by atoms with E-state index in [1.165, 1.54) is 23.5 Å². The van der Waals surface area contributed by atoms with Gasteiger partial charge in [-0.1, -0.05) is 0 Å². The van der Waals surface area contributed by atoms with Crippen LogP contribution in [0.2, 0.25) is 0 Å². The van der Waals surface area contributed by atoms with Crippen LogP contribution in [0.3, 0.4) is 0 Å². The van der Waals surface area contributed by atoms with Crippen LogP contribution in [0.4, 0.5) is 16.5 Å². The summed E-state index contributed by atoms with van der Waals surface area (Å²) in [7, 11) is 0. The highest BCUT2D eigenvalue weighted by Crippen LogP contribution is 2.28. The van der Waals surface area contributed by atoms with Gasteiger partial charge in [-0.3, -0.25) is 14.5 Å². The van der Waals surface area contributed by atoms with Gasteiger partial charge < -0.3 is 5.32 Å². The molecule has 8 nitrogen and oxygen atoms in total. The summed E-state index contributed by atoms with van der Waals surface area (Å²) in [5.41, 5.74) is 2.43. The lowest BCUT2D eigenvalue weighted by Gasteiger charge is -2.01. The summed E-state index contributed by atoms with van der Waals surface area (Å²) in [6, 6.07) is 8.04. The minimum atomic E-state index is -0.427. The van der Waals surface area contributed by atoms with Crippen molar-refractivity contribution in [3.05, 3.63) is 64.4 Å². The number of thiazole rings is 1. The summed E-state index contributed by atoms with van der Waals surface area (Å²) in [5.74, 6) is 0.616. The van der Waals surface area contributed by atoms with E-state index in [-0.39, 0.29) is 5.69 Å². The average molecular weight is 338 g/mol. The lowest BCUT2D eigenvalue weighted by atomic mass is 10.3. The summed E-state index contributed by atoms with van der Waals surface area (Å²) >= 11 is 1.44. The highest BCUT2D eigenvalue weighted by Gasteiger charge is 2.11. The molecule has 4 rings (SSSR count). The third kappa shape index (κ3) is 2.57. The molecule has 1 aromatic carbocycles. The standard InChI is InChI=1S/C15H10N6O2S/c22-21(23)11-4-2-10(3-5-11)18-15-19-12(9-24-15)13-8-17-14-16-6-1-7-20(13)14/h1-9H,(H,18,19). The molecule has 0 radical (unpaired) electrons. The Morgan fingerprint density at radius 2 is 2.04 bits per heavy atom. The Balaban J connectivity index is 1.59. The zero-order valence-electron chi connectivity index (χ0n) is 12.2. The largest absolute Gasteiger partial charge is 0.332 e. The molecule has 118 valence electrons. The lowest BCUT2D eigenvalue weighted by Crippen LogP contribution is -1.92. The first-order chi connectivity index (χ1) is 11.7. The number of imidazole rings is 1. The Morgan fingerprint density at radius 3 is 2.83 bits per heavy atom. The topological polar surface area (TPSA) is 98.2 Å². The molecule has 3 aromatic heterocycles. The van der Waals surface area contributed by atoms with E-state index in [0.717, 1.165) is 17.1 Å². The summed E-state index contributed by atoms with van der Waals surface area (Å²) < 4.78 is 1.87. The van der Waals surface area contributed by atoms with Crippen molar-refractivity contribution in [1.82, 2.24) is 19.4 Å². The predicted octanol–water partition coefficient (Wildman–Crippen LogP) is 3.50. The van der Waals surface area contributed by atoms with Gasteiger partial charge in [0.15, 0.2) is 5.13 Å². The number of hydrogen-bond acceptors (Lipinski definition) is 7. The first-order valence-electron chi connectivity index (χ1n) is 6.96. The summed E-state index contributed by atoms with van der Waals surface area (Å²) in [5, 5.41) is 16.4. The molecule has 0 fully saturated rings. The van der Waals surface area contributed by atoms with Gasteiger partial charge in [0, 0.05) is 35.6 Å². The Hall–Kier alpha value is -3.33. The van der Waals surface area contributed by atoms with Gasteiger partial charge >= 0.3 is 0 Å². The van der Waals surface area contributed by atoms with Gasteiger partial charge in [0.05, 0.1) is 16.8 Å². The Labute approximate surface area is 139 Å². The van der Waals surface area contributed by atoms with Crippen LogP contribution in [0.25, 0.3) is 17.2 Å². The van der Waals surface area contributed by atoms with Crippen LogP contribution < -0.4 is 5.32 Å². The molecule has 9 heteroatoms. The molecule has 24 heavy (non-hydrogen) atoms. The lowest BCUT2D eigenvalue weighted by molar-refractivity contribution is -0.384. The molecule has 0 aliphatic carbocycles. The second-order valence-corrected chi connectivity index (χ2v) is 5.76. The molecule has 0 atom stereocenters. The molecule has 3 heterocycles. The number of benzene rings is 1. The van der Waals surface area contributed by atoms with Crippen molar-refractivity contribution >= 4 is 33.6 Å². The van der Waals surface area contributed by atoms with E-state index in [4.69, 9.17) is 0 Å². The van der Waals surface area contributed by atoms with Gasteiger partial charge in [-0.25, -0.2) is 15.0 Å². The maximum absolute atomic E-state index is 10.7. The minimum absolute atomic E-state index is 0.0543. The number of nitrogens with zero attached hydrogens (tertiary/aromatic N) is 5. The van der Waals surface area contributed by atoms with Crippen LogP contribution in [0, 0.1) is 10.1 Å². The van der Waals surface area contributed by atoms with Crippen molar-refractivity contribution in [2.45, 2.75) is 0 Å². The highest BCUT2D eigenvalue weighted by atomic mass is 32.1. The van der Waals surface area contributed by atoms with Gasteiger partial charge in [-0.2, -0.15) is 0 Å². The monoisotopic (exact) mass is 338 g/mol. The van der Waals surface area contributed by atoms with Crippen molar-refractivity contribution in [3.63, 3.8) is 0 Å².